The van der Waals surface area contributed by atoms with E-state index in [9.17, 15) is 8.78 Å². The summed E-state index contributed by atoms with van der Waals surface area (Å²) in [5.41, 5.74) is 1.70. The maximum atomic E-state index is 13.2. The van der Waals surface area contributed by atoms with Crippen molar-refractivity contribution in [3.63, 3.8) is 0 Å². The Morgan fingerprint density at radius 1 is 0.895 bits per heavy atom. The molecule has 0 saturated carbocycles. The summed E-state index contributed by atoms with van der Waals surface area (Å²) in [5, 5.41) is 10.4. The first-order chi connectivity index (χ1) is 9.24. The van der Waals surface area contributed by atoms with Gasteiger partial charge in [-0.25, -0.2) is 8.78 Å². The van der Waals surface area contributed by atoms with Gasteiger partial charge in [0.05, 0.1) is 5.69 Å². The van der Waals surface area contributed by atoms with Gasteiger partial charge in [0, 0.05) is 17.8 Å². The minimum Gasteiger partial charge on any atom is -0.254 e. The molecule has 3 rings (SSSR count). The predicted octanol–water partition coefficient (Wildman–Crippen LogP) is 2.81. The Labute approximate surface area is 107 Å². The number of H-pyrrole nitrogens is 1. The zero-order chi connectivity index (χ0) is 13.2. The summed E-state index contributed by atoms with van der Waals surface area (Å²) in [4.78, 5) is 4.14. The van der Waals surface area contributed by atoms with E-state index in [4.69, 9.17) is 0 Å². The van der Waals surface area contributed by atoms with Crippen LogP contribution in [0.15, 0.2) is 42.6 Å². The van der Waals surface area contributed by atoms with E-state index in [-0.39, 0.29) is 0 Å². The van der Waals surface area contributed by atoms with E-state index < -0.39 is 11.6 Å². The van der Waals surface area contributed by atoms with Crippen LogP contribution in [0.2, 0.25) is 0 Å². The number of hydrogen-bond donors (Lipinski definition) is 1. The van der Waals surface area contributed by atoms with Crippen LogP contribution in [-0.2, 0) is 0 Å². The van der Waals surface area contributed by atoms with Crippen molar-refractivity contribution < 1.29 is 8.78 Å². The lowest BCUT2D eigenvalue weighted by Gasteiger charge is -2.01. The molecule has 19 heavy (non-hydrogen) atoms. The molecule has 1 aromatic carbocycles. The topological polar surface area (TPSA) is 54.5 Å². The van der Waals surface area contributed by atoms with Crippen LogP contribution in [0.4, 0.5) is 8.78 Å². The van der Waals surface area contributed by atoms with Crippen LogP contribution in [0.1, 0.15) is 0 Å². The number of aromatic nitrogens is 4. The average molecular weight is 258 g/mol. The summed E-state index contributed by atoms with van der Waals surface area (Å²) < 4.78 is 26.5. The van der Waals surface area contributed by atoms with Crippen LogP contribution < -0.4 is 0 Å². The third-order valence-electron chi connectivity index (χ3n) is 2.59. The largest absolute Gasteiger partial charge is 0.254 e. The molecular formula is C13H8F2N4. The van der Waals surface area contributed by atoms with Crippen molar-refractivity contribution in [2.45, 2.75) is 0 Å². The fourth-order valence-electron chi connectivity index (χ4n) is 1.80. The summed E-state index contributed by atoms with van der Waals surface area (Å²) in [5.74, 6) is -1.32. The summed E-state index contributed by atoms with van der Waals surface area (Å²) in [7, 11) is 0. The fraction of sp³-hybridized carbons (Fsp3) is 0. The molecule has 0 amide bonds. The minimum absolute atomic E-state index is 0.312. The first kappa shape index (κ1) is 11.5. The van der Waals surface area contributed by atoms with Gasteiger partial charge in [0.25, 0.3) is 0 Å². The second kappa shape index (κ2) is 4.56. The lowest BCUT2D eigenvalue weighted by Crippen LogP contribution is -1.89. The van der Waals surface area contributed by atoms with Gasteiger partial charge in [-0.15, -0.1) is 0 Å². The smallest absolute Gasteiger partial charge is 0.139 e. The van der Waals surface area contributed by atoms with Crippen molar-refractivity contribution in [3.8, 4) is 22.6 Å². The highest BCUT2D eigenvalue weighted by atomic mass is 19.1. The van der Waals surface area contributed by atoms with Crippen molar-refractivity contribution in [1.82, 2.24) is 20.4 Å². The van der Waals surface area contributed by atoms with E-state index in [0.29, 0.717) is 22.6 Å². The van der Waals surface area contributed by atoms with Crippen molar-refractivity contribution in [1.29, 1.82) is 0 Å². The van der Waals surface area contributed by atoms with Crippen molar-refractivity contribution in [2.75, 3.05) is 0 Å². The lowest BCUT2D eigenvalue weighted by atomic mass is 10.1. The number of hydrogen-bond acceptors (Lipinski definition) is 3. The second-order valence-corrected chi connectivity index (χ2v) is 3.89. The van der Waals surface area contributed by atoms with E-state index in [1.54, 1.807) is 24.4 Å². The normalized spacial score (nSPS) is 10.6. The molecule has 6 heteroatoms. The van der Waals surface area contributed by atoms with Crippen LogP contribution >= 0.6 is 0 Å². The highest BCUT2D eigenvalue weighted by Crippen LogP contribution is 2.27. The monoisotopic (exact) mass is 258 g/mol. The molecular weight excluding hydrogens is 250 g/mol. The highest BCUT2D eigenvalue weighted by molar-refractivity contribution is 5.75. The second-order valence-electron chi connectivity index (χ2n) is 3.89. The van der Waals surface area contributed by atoms with E-state index in [1.807, 2.05) is 0 Å². The Bertz CT molecular complexity index is 689. The van der Waals surface area contributed by atoms with E-state index >= 15 is 0 Å². The molecule has 0 aliphatic heterocycles. The first-order valence-electron chi connectivity index (χ1n) is 5.52. The Balaban J connectivity index is 2.15. The Morgan fingerprint density at radius 2 is 1.63 bits per heavy atom. The van der Waals surface area contributed by atoms with E-state index in [0.717, 1.165) is 6.07 Å². The fourth-order valence-corrected chi connectivity index (χ4v) is 1.80. The molecule has 4 nitrogen and oxygen atoms in total. The van der Waals surface area contributed by atoms with Gasteiger partial charge in [-0.2, -0.15) is 15.4 Å². The number of pyridine rings is 1. The summed E-state index contributed by atoms with van der Waals surface area (Å²) in [6.45, 7) is 0. The maximum Gasteiger partial charge on any atom is 0.139 e. The van der Waals surface area contributed by atoms with Gasteiger partial charge < -0.3 is 0 Å². The molecule has 3 aromatic rings. The van der Waals surface area contributed by atoms with Crippen molar-refractivity contribution >= 4 is 0 Å². The van der Waals surface area contributed by atoms with Crippen molar-refractivity contribution in [3.05, 3.63) is 54.2 Å². The van der Waals surface area contributed by atoms with Gasteiger partial charge in [-0.3, -0.25) is 4.98 Å². The molecule has 0 aliphatic carbocycles. The number of halogens is 2. The Hall–Kier alpha value is -2.63. The molecule has 0 bridgehead atoms. The molecule has 0 radical (unpaired) electrons. The van der Waals surface area contributed by atoms with Gasteiger partial charge >= 0.3 is 0 Å². The predicted molar refractivity (Wildman–Crippen MR) is 65.0 cm³/mol. The molecule has 2 aromatic heterocycles. The molecule has 0 unspecified atom stereocenters. The van der Waals surface area contributed by atoms with Crippen LogP contribution in [0.25, 0.3) is 22.6 Å². The summed E-state index contributed by atoms with van der Waals surface area (Å²) in [6, 6.07) is 8.53. The molecule has 94 valence electrons. The van der Waals surface area contributed by atoms with Gasteiger partial charge in [0.2, 0.25) is 0 Å². The van der Waals surface area contributed by atoms with E-state index in [2.05, 4.69) is 20.4 Å². The maximum absolute atomic E-state index is 13.2. The molecule has 0 atom stereocenters. The third kappa shape index (κ3) is 2.20. The number of aromatic amines is 1. The van der Waals surface area contributed by atoms with Crippen LogP contribution in [0.5, 0.6) is 0 Å². The zero-order valence-electron chi connectivity index (χ0n) is 9.64. The first-order valence-corrected chi connectivity index (χ1v) is 5.52. The van der Waals surface area contributed by atoms with Gasteiger partial charge in [-0.1, -0.05) is 6.07 Å². The van der Waals surface area contributed by atoms with Crippen molar-refractivity contribution in [2.24, 2.45) is 0 Å². The van der Waals surface area contributed by atoms with Crippen LogP contribution in [-0.4, -0.2) is 20.4 Å². The van der Waals surface area contributed by atoms with Gasteiger partial charge in [0.1, 0.15) is 23.0 Å². The van der Waals surface area contributed by atoms with Gasteiger partial charge in [-0.05, 0) is 24.3 Å². The Morgan fingerprint density at radius 3 is 2.32 bits per heavy atom. The molecule has 0 spiro atoms. The summed E-state index contributed by atoms with van der Waals surface area (Å²) >= 11 is 0. The molecule has 0 saturated heterocycles. The standard InChI is InChI=1S/C13H8F2N4/c14-9-5-8(6-10(15)7-9)12-13(18-19-17-12)11-3-1-2-4-16-11/h1-7H,(H,17,18,19). The number of nitrogens with zero attached hydrogens (tertiary/aromatic N) is 3. The third-order valence-corrected chi connectivity index (χ3v) is 2.59. The number of nitrogens with one attached hydrogen (secondary N) is 1. The summed E-state index contributed by atoms with van der Waals surface area (Å²) in [6.07, 6.45) is 1.61. The molecule has 2 heterocycles. The van der Waals surface area contributed by atoms with Gasteiger partial charge in [0.15, 0.2) is 0 Å². The number of rotatable bonds is 2. The zero-order valence-corrected chi connectivity index (χ0v) is 9.64. The number of benzene rings is 1. The van der Waals surface area contributed by atoms with Crippen LogP contribution in [0.3, 0.4) is 0 Å². The molecule has 0 fully saturated rings. The van der Waals surface area contributed by atoms with E-state index in [1.165, 1.54) is 12.1 Å². The minimum atomic E-state index is -0.662. The molecule has 0 aliphatic rings. The lowest BCUT2D eigenvalue weighted by molar-refractivity contribution is 0.584. The quantitative estimate of drug-likeness (QED) is 0.769. The SMILES string of the molecule is Fc1cc(F)cc(-c2n[nH]nc2-c2ccccn2)c1. The Kier molecular flexibility index (Phi) is 2.75. The highest BCUT2D eigenvalue weighted by Gasteiger charge is 2.14. The average Bonchev–Trinajstić information content (AvgIpc) is 2.88. The molecule has 1 N–H and O–H groups in total. The van der Waals surface area contributed by atoms with Crippen LogP contribution in [0, 0.1) is 11.6 Å².